The molecule has 0 fully saturated rings. The van der Waals surface area contributed by atoms with Crippen LogP contribution in [-0.2, 0) is 11.0 Å². The van der Waals surface area contributed by atoms with Gasteiger partial charge in [-0.25, -0.2) is 0 Å². The number of hydrogen-bond donors (Lipinski definition) is 2. The van der Waals surface area contributed by atoms with E-state index in [1.807, 2.05) is 0 Å². The van der Waals surface area contributed by atoms with E-state index in [0.717, 1.165) is 17.0 Å². The maximum atomic E-state index is 12.9. The fourth-order valence-electron chi connectivity index (χ4n) is 2.62. The summed E-state index contributed by atoms with van der Waals surface area (Å²) in [6.45, 7) is -0.371. The van der Waals surface area contributed by atoms with Crippen molar-refractivity contribution in [2.24, 2.45) is 0 Å². The molecule has 0 bridgehead atoms. The number of amides is 2. The van der Waals surface area contributed by atoms with Crippen LogP contribution in [0.2, 0.25) is 5.02 Å². The van der Waals surface area contributed by atoms with Crippen LogP contribution in [0.15, 0.2) is 42.5 Å². The number of alkyl halides is 3. The minimum Gasteiger partial charge on any atom is -0.331 e. The van der Waals surface area contributed by atoms with Gasteiger partial charge in [0.15, 0.2) is 5.69 Å². The molecule has 1 aromatic heterocycles. The Kier molecular flexibility index (Phi) is 5.28. The van der Waals surface area contributed by atoms with E-state index in [0.29, 0.717) is 10.9 Å². The standard InChI is InChI=1S/C18H14ClF3N4O2/c1-26(17(28)16-11-4-2-3-5-14(11)24-25-16)9-15(27)23-10-6-7-13(19)12(8-10)18(20,21)22/h2-8H,9H2,1H3,(H,23,27)(H,24,25). The van der Waals surface area contributed by atoms with Crippen molar-refractivity contribution in [3.63, 3.8) is 0 Å². The zero-order valence-corrected chi connectivity index (χ0v) is 15.2. The molecule has 2 aromatic carbocycles. The highest BCUT2D eigenvalue weighted by molar-refractivity contribution is 6.31. The lowest BCUT2D eigenvalue weighted by Gasteiger charge is -2.16. The molecule has 1 heterocycles. The Morgan fingerprint density at radius 2 is 1.93 bits per heavy atom. The van der Waals surface area contributed by atoms with Crippen LogP contribution in [0.1, 0.15) is 16.1 Å². The van der Waals surface area contributed by atoms with Crippen molar-refractivity contribution in [2.75, 3.05) is 18.9 Å². The monoisotopic (exact) mass is 410 g/mol. The smallest absolute Gasteiger partial charge is 0.331 e. The van der Waals surface area contributed by atoms with Gasteiger partial charge in [-0.05, 0) is 24.3 Å². The lowest BCUT2D eigenvalue weighted by atomic mass is 10.2. The minimum atomic E-state index is -4.65. The molecule has 0 aliphatic heterocycles. The number of aromatic amines is 1. The fourth-order valence-corrected chi connectivity index (χ4v) is 2.84. The molecule has 0 saturated carbocycles. The maximum absolute atomic E-state index is 12.9. The number of carbonyl (C=O) groups is 2. The molecule has 0 saturated heterocycles. The first kappa shape index (κ1) is 19.7. The van der Waals surface area contributed by atoms with Crippen LogP contribution in [0, 0.1) is 0 Å². The quantitative estimate of drug-likeness (QED) is 0.683. The summed E-state index contributed by atoms with van der Waals surface area (Å²) in [4.78, 5) is 25.8. The van der Waals surface area contributed by atoms with Gasteiger partial charge in [-0.1, -0.05) is 29.8 Å². The molecule has 28 heavy (non-hydrogen) atoms. The number of nitrogens with one attached hydrogen (secondary N) is 2. The molecule has 146 valence electrons. The molecule has 2 N–H and O–H groups in total. The second-order valence-electron chi connectivity index (χ2n) is 6.02. The van der Waals surface area contributed by atoms with Gasteiger partial charge in [0.25, 0.3) is 5.91 Å². The molecule has 0 spiro atoms. The Labute approximate surface area is 162 Å². The van der Waals surface area contributed by atoms with Crippen LogP contribution < -0.4 is 5.32 Å². The van der Waals surface area contributed by atoms with Gasteiger partial charge < -0.3 is 10.2 Å². The second kappa shape index (κ2) is 7.51. The lowest BCUT2D eigenvalue weighted by Crippen LogP contribution is -2.35. The summed E-state index contributed by atoms with van der Waals surface area (Å²) in [5, 5.41) is 9.16. The van der Waals surface area contributed by atoms with Crippen molar-refractivity contribution in [3.8, 4) is 0 Å². The van der Waals surface area contributed by atoms with Crippen molar-refractivity contribution in [1.29, 1.82) is 0 Å². The molecule has 0 atom stereocenters. The SMILES string of the molecule is CN(CC(=O)Nc1ccc(Cl)c(C(F)(F)F)c1)C(=O)c1n[nH]c2ccccc12. The summed E-state index contributed by atoms with van der Waals surface area (Å²) in [5.41, 5.74) is -0.312. The van der Waals surface area contributed by atoms with E-state index < -0.39 is 28.6 Å². The van der Waals surface area contributed by atoms with Crippen LogP contribution in [0.25, 0.3) is 10.9 Å². The Balaban J connectivity index is 1.70. The van der Waals surface area contributed by atoms with Gasteiger partial charge in [0.1, 0.15) is 0 Å². The van der Waals surface area contributed by atoms with Gasteiger partial charge in [-0.2, -0.15) is 18.3 Å². The Bertz CT molecular complexity index is 1050. The number of halogens is 4. The van der Waals surface area contributed by atoms with E-state index in [9.17, 15) is 22.8 Å². The van der Waals surface area contributed by atoms with E-state index in [-0.39, 0.29) is 17.9 Å². The number of carbonyl (C=O) groups excluding carboxylic acids is 2. The largest absolute Gasteiger partial charge is 0.417 e. The number of anilines is 1. The zero-order valence-electron chi connectivity index (χ0n) is 14.5. The number of hydrogen-bond acceptors (Lipinski definition) is 3. The predicted octanol–water partition coefficient (Wildman–Crippen LogP) is 3.95. The molecule has 0 aliphatic rings. The van der Waals surface area contributed by atoms with Crippen molar-refractivity contribution in [2.45, 2.75) is 6.18 Å². The number of aromatic nitrogens is 2. The fraction of sp³-hybridized carbons (Fsp3) is 0.167. The maximum Gasteiger partial charge on any atom is 0.417 e. The highest BCUT2D eigenvalue weighted by Crippen LogP contribution is 2.36. The molecule has 3 rings (SSSR count). The van der Waals surface area contributed by atoms with Gasteiger partial charge in [-0.3, -0.25) is 14.7 Å². The van der Waals surface area contributed by atoms with E-state index in [1.165, 1.54) is 13.1 Å². The second-order valence-corrected chi connectivity index (χ2v) is 6.43. The summed E-state index contributed by atoms with van der Waals surface area (Å²) < 4.78 is 38.7. The molecule has 0 radical (unpaired) electrons. The molecule has 2 amide bonds. The Morgan fingerprint density at radius 3 is 2.64 bits per heavy atom. The Hall–Kier alpha value is -3.07. The molecule has 10 heteroatoms. The van der Waals surface area contributed by atoms with Gasteiger partial charge in [0.05, 0.1) is 22.6 Å². The number of likely N-dealkylation sites (N-methyl/N-ethyl adjacent to an activating group) is 1. The van der Waals surface area contributed by atoms with Gasteiger partial charge in [0, 0.05) is 18.1 Å². The number of rotatable bonds is 4. The topological polar surface area (TPSA) is 78.1 Å². The molecular weight excluding hydrogens is 397 g/mol. The van der Waals surface area contributed by atoms with Crippen molar-refractivity contribution in [1.82, 2.24) is 15.1 Å². The summed E-state index contributed by atoms with van der Waals surface area (Å²) in [5.74, 6) is -1.16. The van der Waals surface area contributed by atoms with Crippen LogP contribution in [-0.4, -0.2) is 40.5 Å². The first-order valence-electron chi connectivity index (χ1n) is 8.02. The van der Waals surface area contributed by atoms with Gasteiger partial charge in [0.2, 0.25) is 5.91 Å². The molecule has 3 aromatic rings. The number of fused-ring (bicyclic) bond motifs is 1. The Morgan fingerprint density at radius 1 is 1.21 bits per heavy atom. The highest BCUT2D eigenvalue weighted by atomic mass is 35.5. The van der Waals surface area contributed by atoms with Crippen molar-refractivity contribution < 1.29 is 22.8 Å². The molecule has 0 unspecified atom stereocenters. The average molecular weight is 411 g/mol. The normalized spacial score (nSPS) is 11.5. The molecular formula is C18H14ClF3N4O2. The minimum absolute atomic E-state index is 0.0761. The van der Waals surface area contributed by atoms with E-state index in [1.54, 1.807) is 24.3 Å². The first-order chi connectivity index (χ1) is 13.2. The number of nitrogens with zero attached hydrogens (tertiary/aromatic N) is 2. The van der Waals surface area contributed by atoms with Gasteiger partial charge >= 0.3 is 6.18 Å². The van der Waals surface area contributed by atoms with E-state index in [2.05, 4.69) is 15.5 Å². The third-order valence-electron chi connectivity index (χ3n) is 3.96. The summed E-state index contributed by atoms with van der Waals surface area (Å²) in [6, 6.07) is 10.0. The number of H-pyrrole nitrogens is 1. The van der Waals surface area contributed by atoms with Crippen molar-refractivity contribution in [3.05, 3.63) is 58.7 Å². The van der Waals surface area contributed by atoms with E-state index in [4.69, 9.17) is 11.6 Å². The third kappa shape index (κ3) is 4.09. The average Bonchev–Trinajstić information content (AvgIpc) is 3.05. The first-order valence-corrected chi connectivity index (χ1v) is 8.40. The summed E-state index contributed by atoms with van der Waals surface area (Å²) in [6.07, 6.45) is -4.65. The number of benzene rings is 2. The van der Waals surface area contributed by atoms with Crippen LogP contribution in [0.3, 0.4) is 0 Å². The molecule has 6 nitrogen and oxygen atoms in total. The summed E-state index contributed by atoms with van der Waals surface area (Å²) >= 11 is 5.55. The van der Waals surface area contributed by atoms with Crippen molar-refractivity contribution >= 4 is 40.0 Å². The summed E-state index contributed by atoms with van der Waals surface area (Å²) in [7, 11) is 1.40. The van der Waals surface area contributed by atoms with Crippen LogP contribution in [0.5, 0.6) is 0 Å². The van der Waals surface area contributed by atoms with E-state index >= 15 is 0 Å². The number of para-hydroxylation sites is 1. The van der Waals surface area contributed by atoms with Crippen LogP contribution in [0.4, 0.5) is 18.9 Å². The van der Waals surface area contributed by atoms with Gasteiger partial charge in [-0.15, -0.1) is 0 Å². The zero-order chi connectivity index (χ0) is 20.5. The molecule has 0 aliphatic carbocycles. The predicted molar refractivity (Wildman–Crippen MR) is 98.1 cm³/mol. The highest BCUT2D eigenvalue weighted by Gasteiger charge is 2.33. The lowest BCUT2D eigenvalue weighted by molar-refractivity contribution is -0.137. The van der Waals surface area contributed by atoms with Crippen LogP contribution >= 0.6 is 11.6 Å². The third-order valence-corrected chi connectivity index (χ3v) is 4.29.